The first-order chi connectivity index (χ1) is 20.3. The quantitative estimate of drug-likeness (QED) is 0.0805. The highest BCUT2D eigenvalue weighted by molar-refractivity contribution is 14.1. The molecule has 0 bridgehead atoms. The Morgan fingerprint density at radius 2 is 1.42 bits per heavy atom. The first-order valence-electron chi connectivity index (χ1n) is 15.7. The SMILES string of the molecule is CC(C)[C@H](C)CN(C(=O)[C@@H](NC(=O)N[C@H](CS(=O)(=O)C(C)(C)C)C(C)C)C(C)(C)C)[C@@H](I)C(=O)NC(CC1CC1)C(=O)C(N)=O. The van der Waals surface area contributed by atoms with E-state index in [4.69, 9.17) is 5.73 Å². The summed E-state index contributed by atoms with van der Waals surface area (Å²) in [4.78, 5) is 66.8. The zero-order valence-corrected chi connectivity index (χ0v) is 31.8. The summed E-state index contributed by atoms with van der Waals surface area (Å²) in [6, 6.07) is -3.59. The van der Waals surface area contributed by atoms with Crippen molar-refractivity contribution in [2.24, 2.45) is 34.8 Å². The number of carbonyl (C=O) groups excluding carboxylic acids is 5. The lowest BCUT2D eigenvalue weighted by Crippen LogP contribution is -2.62. The average molecular weight is 770 g/mol. The van der Waals surface area contributed by atoms with Crippen molar-refractivity contribution >= 4 is 62.0 Å². The number of amides is 5. The van der Waals surface area contributed by atoms with Crippen molar-refractivity contribution in [2.75, 3.05) is 12.3 Å². The maximum absolute atomic E-state index is 14.3. The maximum atomic E-state index is 14.3. The van der Waals surface area contributed by atoms with Crippen molar-refractivity contribution in [1.29, 1.82) is 0 Å². The van der Waals surface area contributed by atoms with E-state index in [9.17, 15) is 32.4 Å². The van der Waals surface area contributed by atoms with E-state index in [0.717, 1.165) is 12.8 Å². The Morgan fingerprint density at radius 3 is 1.82 bits per heavy atom. The highest BCUT2D eigenvalue weighted by atomic mass is 127. The number of carbonyl (C=O) groups is 5. The van der Waals surface area contributed by atoms with Gasteiger partial charge in [-0.3, -0.25) is 19.2 Å². The highest BCUT2D eigenvalue weighted by Crippen LogP contribution is 2.34. The van der Waals surface area contributed by atoms with Gasteiger partial charge in [-0.05, 0) is 78.9 Å². The summed E-state index contributed by atoms with van der Waals surface area (Å²) in [6.45, 7) is 19.9. The molecule has 5 N–H and O–H groups in total. The van der Waals surface area contributed by atoms with Gasteiger partial charge in [-0.15, -0.1) is 0 Å². The van der Waals surface area contributed by atoms with E-state index in [2.05, 4.69) is 16.0 Å². The first-order valence-corrected chi connectivity index (χ1v) is 18.6. The van der Waals surface area contributed by atoms with E-state index in [0.29, 0.717) is 6.42 Å². The second-order valence-corrected chi connectivity index (χ2v) is 19.1. The fraction of sp³-hybridized carbons (Fsp3) is 0.839. The summed E-state index contributed by atoms with van der Waals surface area (Å²) in [6.07, 6.45) is 2.08. The molecule has 260 valence electrons. The number of urea groups is 1. The van der Waals surface area contributed by atoms with Crippen molar-refractivity contribution in [3.8, 4) is 0 Å². The predicted octanol–water partition coefficient (Wildman–Crippen LogP) is 3.16. The van der Waals surface area contributed by atoms with Crippen molar-refractivity contribution in [1.82, 2.24) is 20.9 Å². The number of nitrogens with zero attached hydrogens (tertiary/aromatic N) is 1. The Kier molecular flexibility index (Phi) is 14.8. The third-order valence-electron chi connectivity index (χ3n) is 8.38. The molecular formula is C31H56IN5O7S. The lowest BCUT2D eigenvalue weighted by atomic mass is 9.85. The molecule has 45 heavy (non-hydrogen) atoms. The summed E-state index contributed by atoms with van der Waals surface area (Å²) < 4.78 is 23.8. The zero-order chi connectivity index (χ0) is 35.2. The summed E-state index contributed by atoms with van der Waals surface area (Å²) in [5.74, 6) is -3.29. The van der Waals surface area contributed by atoms with Gasteiger partial charge in [-0.25, -0.2) is 13.2 Å². The number of nitrogens with two attached hydrogens (primary N) is 1. The molecule has 0 aliphatic heterocycles. The molecule has 0 aromatic heterocycles. The number of alkyl halides is 1. The Bertz CT molecular complexity index is 1190. The average Bonchev–Trinajstić information content (AvgIpc) is 3.70. The van der Waals surface area contributed by atoms with Crippen LogP contribution in [-0.4, -0.2) is 82.1 Å². The van der Waals surface area contributed by atoms with Crippen LogP contribution in [0.25, 0.3) is 0 Å². The first kappa shape index (κ1) is 41.1. The van der Waals surface area contributed by atoms with Gasteiger partial charge in [0.15, 0.2) is 13.9 Å². The smallest absolute Gasteiger partial charge is 0.315 e. The van der Waals surface area contributed by atoms with E-state index in [1.807, 2.05) is 57.2 Å². The van der Waals surface area contributed by atoms with Crippen LogP contribution < -0.4 is 21.7 Å². The Balaban J connectivity index is 3.34. The van der Waals surface area contributed by atoms with E-state index < -0.39 is 71.7 Å². The van der Waals surface area contributed by atoms with Gasteiger partial charge in [0.2, 0.25) is 11.7 Å². The molecule has 5 atom stereocenters. The molecule has 12 nitrogen and oxygen atoms in total. The number of ketones is 1. The number of primary amides is 1. The largest absolute Gasteiger partial charge is 0.363 e. The summed E-state index contributed by atoms with van der Waals surface area (Å²) >= 11 is 1.84. The van der Waals surface area contributed by atoms with Crippen LogP contribution in [0, 0.1) is 29.1 Å². The second-order valence-electron chi connectivity index (χ2n) is 15.2. The van der Waals surface area contributed by atoms with Crippen LogP contribution >= 0.6 is 22.6 Å². The van der Waals surface area contributed by atoms with E-state index in [1.54, 1.807) is 41.5 Å². The molecular weight excluding hydrogens is 713 g/mol. The van der Waals surface area contributed by atoms with Gasteiger partial charge >= 0.3 is 6.03 Å². The van der Waals surface area contributed by atoms with Crippen LogP contribution in [0.5, 0.6) is 0 Å². The number of Topliss-reactive ketones (excluding diaryl/α,β-unsaturated/α-hetero) is 1. The minimum atomic E-state index is -3.56. The molecule has 1 aliphatic carbocycles. The molecule has 1 aliphatic rings. The molecule has 0 aromatic rings. The van der Waals surface area contributed by atoms with Crippen molar-refractivity contribution < 1.29 is 32.4 Å². The van der Waals surface area contributed by atoms with E-state index in [1.165, 1.54) is 4.90 Å². The van der Waals surface area contributed by atoms with Gasteiger partial charge < -0.3 is 26.6 Å². The zero-order valence-electron chi connectivity index (χ0n) is 28.8. The van der Waals surface area contributed by atoms with Crippen LogP contribution in [0.4, 0.5) is 4.79 Å². The fourth-order valence-electron chi connectivity index (χ4n) is 4.33. The van der Waals surface area contributed by atoms with Gasteiger partial charge in [0.1, 0.15) is 6.04 Å². The van der Waals surface area contributed by atoms with Gasteiger partial charge in [0.25, 0.3) is 11.8 Å². The standard InChI is InChI=1S/C31H56IN5O7S/c1-17(2)19(5)15-37(25(32)27(40)34-21(14-20-12-13-20)23(38)26(33)39)28(41)24(30(6,7)8)36-29(42)35-22(18(3)4)16-45(43,44)31(9,10)11/h17-22,24-25H,12-16H2,1-11H3,(H2,33,39)(H,34,40)(H2,35,36,42)/t19-,21?,22-,24-,25-/m1/s1. The van der Waals surface area contributed by atoms with Crippen molar-refractivity contribution in [2.45, 2.75) is 122 Å². The molecule has 0 spiro atoms. The number of sulfone groups is 1. The van der Waals surface area contributed by atoms with Gasteiger partial charge in [0, 0.05) is 12.6 Å². The number of hydrogen-bond donors (Lipinski definition) is 4. The minimum Gasteiger partial charge on any atom is -0.363 e. The van der Waals surface area contributed by atoms with Crippen LogP contribution in [0.2, 0.25) is 0 Å². The summed E-state index contributed by atoms with van der Waals surface area (Å²) in [5, 5.41) is 8.18. The van der Waals surface area contributed by atoms with E-state index >= 15 is 0 Å². The van der Waals surface area contributed by atoms with Crippen LogP contribution in [0.3, 0.4) is 0 Å². The maximum Gasteiger partial charge on any atom is 0.315 e. The molecule has 1 saturated carbocycles. The third kappa shape index (κ3) is 12.6. The Labute approximate surface area is 283 Å². The molecule has 0 heterocycles. The van der Waals surface area contributed by atoms with Gasteiger partial charge in [-0.1, -0.05) is 68.2 Å². The number of rotatable bonds is 16. The molecule has 14 heteroatoms. The molecule has 1 unspecified atom stereocenters. The van der Waals surface area contributed by atoms with Crippen molar-refractivity contribution in [3.63, 3.8) is 0 Å². The number of nitrogens with one attached hydrogen (secondary N) is 3. The normalized spacial score (nSPS) is 17.6. The molecule has 0 radical (unpaired) electrons. The van der Waals surface area contributed by atoms with E-state index in [-0.39, 0.29) is 36.0 Å². The lowest BCUT2D eigenvalue weighted by molar-refractivity contribution is -0.142. The molecule has 0 saturated heterocycles. The molecule has 1 fully saturated rings. The molecule has 1 rings (SSSR count). The second kappa shape index (κ2) is 16.2. The predicted molar refractivity (Wildman–Crippen MR) is 184 cm³/mol. The fourth-order valence-corrected chi connectivity index (χ4v) is 6.45. The summed E-state index contributed by atoms with van der Waals surface area (Å²) in [5.41, 5.74) is 4.44. The molecule has 5 amide bonds. The highest BCUT2D eigenvalue weighted by Gasteiger charge is 2.42. The Morgan fingerprint density at radius 1 is 0.889 bits per heavy atom. The van der Waals surface area contributed by atoms with Gasteiger partial charge in [-0.2, -0.15) is 0 Å². The topological polar surface area (TPSA) is 185 Å². The number of hydrogen-bond acceptors (Lipinski definition) is 7. The number of halogens is 1. The van der Waals surface area contributed by atoms with Crippen LogP contribution in [0.15, 0.2) is 0 Å². The van der Waals surface area contributed by atoms with Crippen LogP contribution in [0.1, 0.15) is 95.4 Å². The van der Waals surface area contributed by atoms with Crippen LogP contribution in [-0.2, 0) is 29.0 Å². The minimum absolute atomic E-state index is 0.0316. The third-order valence-corrected chi connectivity index (χ3v) is 12.3. The lowest BCUT2D eigenvalue weighted by Gasteiger charge is -2.38. The molecule has 0 aromatic carbocycles. The van der Waals surface area contributed by atoms with Crippen molar-refractivity contribution in [3.05, 3.63) is 0 Å². The summed E-state index contributed by atoms with van der Waals surface area (Å²) in [7, 11) is -3.56. The Hall–Kier alpha value is -1.97. The monoisotopic (exact) mass is 769 g/mol. The van der Waals surface area contributed by atoms with Gasteiger partial charge in [0.05, 0.1) is 16.5 Å².